The highest BCUT2D eigenvalue weighted by Gasteiger charge is 2.21. The molecule has 2 heteroatoms. The zero-order valence-electron chi connectivity index (χ0n) is 22.2. The van der Waals surface area contributed by atoms with E-state index in [1.807, 2.05) is 13.8 Å². The maximum absolute atomic E-state index is 5.54. The van der Waals surface area contributed by atoms with Crippen LogP contribution in [0.5, 0.6) is 0 Å². The molecule has 1 fully saturated rings. The van der Waals surface area contributed by atoms with Crippen molar-refractivity contribution in [1.29, 1.82) is 0 Å². The Morgan fingerprint density at radius 1 is 0.811 bits per heavy atom. The zero-order valence-corrected chi connectivity index (χ0v) is 22.2. The van der Waals surface area contributed by atoms with Gasteiger partial charge in [-0.15, -0.1) is 0 Å². The fourth-order valence-corrected chi connectivity index (χ4v) is 6.38. The van der Waals surface area contributed by atoms with Crippen molar-refractivity contribution in [3.05, 3.63) is 101 Å². The lowest BCUT2D eigenvalue weighted by Crippen LogP contribution is -2.36. The molecular weight excluding hydrogens is 450 g/mol. The van der Waals surface area contributed by atoms with Crippen molar-refractivity contribution in [3.63, 3.8) is 0 Å². The summed E-state index contributed by atoms with van der Waals surface area (Å²) in [6.45, 7) is 8.92. The Kier molecular flexibility index (Phi) is 6.95. The van der Waals surface area contributed by atoms with Gasteiger partial charge in [-0.3, -0.25) is 4.90 Å². The second kappa shape index (κ2) is 10.7. The molecule has 0 atom stereocenters. The molecule has 0 saturated carbocycles. The van der Waals surface area contributed by atoms with Gasteiger partial charge in [-0.05, 0) is 92.3 Å². The largest absolute Gasteiger partial charge is 0.379 e. The molecule has 0 unspecified atom stereocenters. The third-order valence-corrected chi connectivity index (χ3v) is 8.12. The van der Waals surface area contributed by atoms with Gasteiger partial charge in [0.05, 0.1) is 13.2 Å². The normalized spacial score (nSPS) is 18.0. The van der Waals surface area contributed by atoms with Crippen molar-refractivity contribution < 1.29 is 4.74 Å². The van der Waals surface area contributed by atoms with E-state index >= 15 is 0 Å². The summed E-state index contributed by atoms with van der Waals surface area (Å²) in [4.78, 5) is 2.53. The topological polar surface area (TPSA) is 12.5 Å². The Morgan fingerprint density at radius 2 is 1.57 bits per heavy atom. The predicted molar refractivity (Wildman–Crippen MR) is 159 cm³/mol. The second-order valence-electron chi connectivity index (χ2n) is 10.2. The molecule has 0 amide bonds. The van der Waals surface area contributed by atoms with Gasteiger partial charge >= 0.3 is 0 Å². The number of allylic oxidation sites excluding steroid dienone is 2. The molecule has 188 valence electrons. The molecule has 2 aliphatic carbocycles. The third-order valence-electron chi connectivity index (χ3n) is 8.12. The number of ether oxygens (including phenoxy) is 1. The summed E-state index contributed by atoms with van der Waals surface area (Å²) >= 11 is 0. The summed E-state index contributed by atoms with van der Waals surface area (Å²) in [5.74, 6) is 0. The Labute approximate surface area is 221 Å². The molecule has 7 rings (SSSR count). The van der Waals surface area contributed by atoms with Gasteiger partial charge in [-0.2, -0.15) is 0 Å². The quantitative estimate of drug-likeness (QED) is 0.269. The van der Waals surface area contributed by atoms with Crippen LogP contribution in [0.3, 0.4) is 0 Å². The molecule has 4 aromatic rings. The lowest BCUT2D eigenvalue weighted by Gasteiger charge is -2.26. The highest BCUT2D eigenvalue weighted by molar-refractivity contribution is 6.15. The SMILES string of the molecule is C1=C(CCN2CCOCC2)c2ccccc2/C1=C/c1ccc2c3c(cc4ccccc4c13)CCC2.CC. The van der Waals surface area contributed by atoms with Crippen LogP contribution in [0.15, 0.2) is 72.8 Å². The number of benzene rings is 4. The predicted octanol–water partition coefficient (Wildman–Crippen LogP) is 8.17. The average Bonchev–Trinajstić information content (AvgIpc) is 3.32. The summed E-state index contributed by atoms with van der Waals surface area (Å²) in [6.07, 6.45) is 9.60. The van der Waals surface area contributed by atoms with Crippen molar-refractivity contribution >= 4 is 38.8 Å². The number of nitrogens with zero attached hydrogens (tertiary/aromatic N) is 1. The Hall–Kier alpha value is -3.20. The number of hydrogen-bond donors (Lipinski definition) is 0. The average molecular weight is 488 g/mol. The van der Waals surface area contributed by atoms with Crippen LogP contribution >= 0.6 is 0 Å². The third kappa shape index (κ3) is 4.54. The van der Waals surface area contributed by atoms with Crippen LogP contribution in [0.1, 0.15) is 54.5 Å². The van der Waals surface area contributed by atoms with Gasteiger partial charge in [0, 0.05) is 19.6 Å². The van der Waals surface area contributed by atoms with Crippen molar-refractivity contribution in [1.82, 2.24) is 4.90 Å². The molecular formula is C35H37NO. The molecule has 1 saturated heterocycles. The monoisotopic (exact) mass is 487 g/mol. The molecule has 2 nitrogen and oxygen atoms in total. The van der Waals surface area contributed by atoms with Crippen LogP contribution in [0, 0.1) is 0 Å². The fourth-order valence-electron chi connectivity index (χ4n) is 6.38. The van der Waals surface area contributed by atoms with Crippen LogP contribution in [-0.2, 0) is 17.6 Å². The molecule has 37 heavy (non-hydrogen) atoms. The maximum atomic E-state index is 5.54. The lowest BCUT2D eigenvalue weighted by atomic mass is 9.83. The van der Waals surface area contributed by atoms with Gasteiger partial charge in [0.2, 0.25) is 0 Å². The zero-order chi connectivity index (χ0) is 25.2. The molecule has 0 N–H and O–H groups in total. The molecule has 0 spiro atoms. The van der Waals surface area contributed by atoms with Crippen LogP contribution in [0.2, 0.25) is 0 Å². The Morgan fingerprint density at radius 3 is 2.43 bits per heavy atom. The number of fused-ring (bicyclic) bond motifs is 3. The van der Waals surface area contributed by atoms with E-state index in [0.717, 1.165) is 39.3 Å². The molecule has 0 bridgehead atoms. The van der Waals surface area contributed by atoms with Crippen LogP contribution in [-0.4, -0.2) is 37.7 Å². The molecule has 0 aromatic heterocycles. The number of rotatable bonds is 4. The highest BCUT2D eigenvalue weighted by atomic mass is 16.5. The smallest absolute Gasteiger partial charge is 0.0594 e. The minimum atomic E-state index is 0.861. The second-order valence-corrected chi connectivity index (χ2v) is 10.2. The first kappa shape index (κ1) is 24.2. The lowest BCUT2D eigenvalue weighted by molar-refractivity contribution is 0.0390. The van der Waals surface area contributed by atoms with E-state index in [1.165, 1.54) is 79.8 Å². The first-order chi connectivity index (χ1) is 18.3. The number of hydrogen-bond acceptors (Lipinski definition) is 2. The standard InChI is InChI=1S/C33H31NO.C2H6/c1-2-11-31-24(6-1)20-26-8-5-7-23-12-13-27(33(31)32(23)26)22-28-21-25(29-9-3-4-10-30(28)29)14-15-34-16-18-35-19-17-34;1-2/h1-4,6,9-13,20-22H,5,7-8,14-19H2;1-2H3/b28-22+;. The first-order valence-electron chi connectivity index (χ1n) is 14.1. The molecule has 3 aliphatic rings. The Bertz CT molecular complexity index is 1500. The number of morpholine rings is 1. The van der Waals surface area contributed by atoms with Crippen LogP contribution < -0.4 is 0 Å². The van der Waals surface area contributed by atoms with E-state index in [0.29, 0.717) is 0 Å². The summed E-state index contributed by atoms with van der Waals surface area (Å²) < 4.78 is 5.54. The fraction of sp³-hybridized carbons (Fsp3) is 0.314. The molecule has 4 aromatic carbocycles. The maximum Gasteiger partial charge on any atom is 0.0594 e. The summed E-state index contributed by atoms with van der Waals surface area (Å²) in [6, 6.07) is 25.1. The molecule has 1 heterocycles. The van der Waals surface area contributed by atoms with Crippen molar-refractivity contribution in [2.75, 3.05) is 32.8 Å². The van der Waals surface area contributed by atoms with Crippen molar-refractivity contribution in [2.45, 2.75) is 39.5 Å². The summed E-state index contributed by atoms with van der Waals surface area (Å²) in [5, 5.41) is 5.69. The van der Waals surface area contributed by atoms with Gasteiger partial charge in [-0.1, -0.05) is 86.7 Å². The van der Waals surface area contributed by atoms with Gasteiger partial charge in [0.25, 0.3) is 0 Å². The summed E-state index contributed by atoms with van der Waals surface area (Å²) in [7, 11) is 0. The van der Waals surface area contributed by atoms with E-state index in [4.69, 9.17) is 4.74 Å². The van der Waals surface area contributed by atoms with Gasteiger partial charge in [0.1, 0.15) is 0 Å². The first-order valence-corrected chi connectivity index (χ1v) is 14.1. The van der Waals surface area contributed by atoms with E-state index in [-0.39, 0.29) is 0 Å². The molecule has 1 aliphatic heterocycles. The van der Waals surface area contributed by atoms with Crippen LogP contribution in [0.4, 0.5) is 0 Å². The summed E-state index contributed by atoms with van der Waals surface area (Å²) in [5.41, 5.74) is 9.97. The van der Waals surface area contributed by atoms with Crippen LogP contribution in [0.25, 0.3) is 38.8 Å². The van der Waals surface area contributed by atoms with E-state index in [1.54, 1.807) is 0 Å². The number of aryl methyl sites for hydroxylation is 2. The Balaban J connectivity index is 0.00000123. The van der Waals surface area contributed by atoms with Gasteiger partial charge in [0.15, 0.2) is 0 Å². The minimum absolute atomic E-state index is 0.861. The van der Waals surface area contributed by atoms with Gasteiger partial charge in [-0.25, -0.2) is 0 Å². The van der Waals surface area contributed by atoms with Crippen molar-refractivity contribution in [2.24, 2.45) is 0 Å². The van der Waals surface area contributed by atoms with E-state index in [9.17, 15) is 0 Å². The highest BCUT2D eigenvalue weighted by Crippen LogP contribution is 2.41. The minimum Gasteiger partial charge on any atom is -0.379 e. The van der Waals surface area contributed by atoms with Crippen molar-refractivity contribution in [3.8, 4) is 0 Å². The van der Waals surface area contributed by atoms with E-state index in [2.05, 4.69) is 83.8 Å². The molecule has 0 radical (unpaired) electrons. The van der Waals surface area contributed by atoms with E-state index < -0.39 is 0 Å². The van der Waals surface area contributed by atoms with Gasteiger partial charge < -0.3 is 4.74 Å².